The number of carbonyl (C=O) groups excluding carboxylic acids is 2. The molecule has 18 heteroatoms. The molecule has 0 aliphatic carbocycles. The van der Waals surface area contributed by atoms with Gasteiger partial charge in [0.25, 0.3) is 11.5 Å². The summed E-state index contributed by atoms with van der Waals surface area (Å²) in [4.78, 5) is 56.6. The lowest BCUT2D eigenvalue weighted by Crippen LogP contribution is -2.51. The molecule has 6 heterocycles. The third kappa shape index (κ3) is 6.12. The minimum Gasteiger partial charge on any atom is -0.504 e. The van der Waals surface area contributed by atoms with Crippen LogP contribution in [0.15, 0.2) is 22.6 Å². The Balaban J connectivity index is 1.35. The first-order valence-electron chi connectivity index (χ1n) is 15.2. The monoisotopic (exact) mass is 687 g/mol. The highest BCUT2D eigenvalue weighted by molar-refractivity contribution is 7.14. The van der Waals surface area contributed by atoms with Gasteiger partial charge in [-0.1, -0.05) is 13.0 Å². The molecule has 0 radical (unpaired) electrons. The van der Waals surface area contributed by atoms with Gasteiger partial charge in [-0.05, 0) is 37.8 Å². The number of anilines is 2. The number of alkyl halides is 3. The number of nitrogens with one attached hydrogen (secondary N) is 1. The van der Waals surface area contributed by atoms with Crippen LogP contribution in [-0.4, -0.2) is 90.3 Å². The number of thiophene rings is 1. The number of hydrogen-bond acceptors (Lipinski definition) is 11. The minimum absolute atomic E-state index is 0.0721. The summed E-state index contributed by atoms with van der Waals surface area (Å²) < 4.78 is 48.3. The number of carbonyl (C=O) groups is 2. The highest BCUT2D eigenvalue weighted by atomic mass is 32.1. The van der Waals surface area contributed by atoms with Gasteiger partial charge in [-0.15, -0.1) is 16.4 Å². The third-order valence-electron chi connectivity index (χ3n) is 8.40. The van der Waals surface area contributed by atoms with Gasteiger partial charge in [0.05, 0.1) is 35.2 Å². The number of nitrogens with zero attached hydrogens (tertiary/aromatic N) is 8. The van der Waals surface area contributed by atoms with E-state index in [1.165, 1.54) is 18.2 Å². The van der Waals surface area contributed by atoms with Gasteiger partial charge in [0.2, 0.25) is 11.7 Å². The Morgan fingerprint density at radius 2 is 1.90 bits per heavy atom. The molecule has 1 saturated heterocycles. The zero-order chi connectivity index (χ0) is 34.3. The van der Waals surface area contributed by atoms with Crippen molar-refractivity contribution < 1.29 is 32.6 Å². The maximum Gasteiger partial charge on any atom is 0.417 e. The van der Waals surface area contributed by atoms with Gasteiger partial charge in [-0.3, -0.25) is 14.4 Å². The summed E-state index contributed by atoms with van der Waals surface area (Å²) in [6.45, 7) is 6.04. The second-order valence-corrected chi connectivity index (χ2v) is 12.2. The molecule has 0 atom stereocenters. The Bertz CT molecular complexity index is 1990. The van der Waals surface area contributed by atoms with Crippen molar-refractivity contribution in [3.63, 3.8) is 0 Å². The van der Waals surface area contributed by atoms with Gasteiger partial charge in [0.1, 0.15) is 18.6 Å². The summed E-state index contributed by atoms with van der Waals surface area (Å²) in [5, 5.41) is 18.5. The molecule has 2 N–H and O–H groups in total. The van der Waals surface area contributed by atoms with E-state index in [1.807, 2.05) is 17.9 Å². The van der Waals surface area contributed by atoms with Crippen LogP contribution in [0, 0.1) is 13.8 Å². The van der Waals surface area contributed by atoms with Crippen molar-refractivity contribution in [3.05, 3.63) is 62.2 Å². The third-order valence-corrected chi connectivity index (χ3v) is 9.40. The molecular weight excluding hydrogens is 655 g/mol. The molecule has 0 spiro atoms. The molecule has 254 valence electrons. The van der Waals surface area contributed by atoms with Gasteiger partial charge in [0, 0.05) is 31.6 Å². The molecule has 2 amide bonds. The fourth-order valence-corrected chi connectivity index (χ4v) is 6.84. The topological polar surface area (TPSA) is 160 Å². The average molecular weight is 688 g/mol. The summed E-state index contributed by atoms with van der Waals surface area (Å²) in [6, 6.07) is 0. The van der Waals surface area contributed by atoms with E-state index >= 15 is 0 Å². The van der Waals surface area contributed by atoms with E-state index in [4.69, 9.17) is 4.74 Å². The van der Waals surface area contributed by atoms with E-state index in [2.05, 4.69) is 25.4 Å². The zero-order valence-corrected chi connectivity index (χ0v) is 27.1. The van der Waals surface area contributed by atoms with Crippen LogP contribution in [0.1, 0.15) is 52.2 Å². The molecule has 0 unspecified atom stereocenters. The van der Waals surface area contributed by atoms with Crippen LogP contribution in [0.25, 0.3) is 11.4 Å². The standard InChI is InChI=1S/C30H32F3N9O5S/c1-4-20-23(39-7-9-40(10-8-39)27(45)22-24(44)17(3)34-15-35-22)28(46)42-29(37-25(38-42)18-5-11-47-12-6-18)41(20)13-21(43)36-26-16(2)19(14-48-26)30(31,32)33/h5,14-15,44H,4,6-13H2,1-3H3,(H,36,43). The summed E-state index contributed by atoms with van der Waals surface area (Å²) in [7, 11) is 0. The molecular formula is C30H32F3N9O5S. The quantitative estimate of drug-likeness (QED) is 0.296. The van der Waals surface area contributed by atoms with Crippen LogP contribution in [0.4, 0.5) is 23.9 Å². The molecule has 4 aromatic heterocycles. The lowest BCUT2D eigenvalue weighted by atomic mass is 10.1. The second-order valence-electron chi connectivity index (χ2n) is 11.3. The van der Waals surface area contributed by atoms with E-state index in [1.54, 1.807) is 11.5 Å². The maximum absolute atomic E-state index is 14.1. The fourth-order valence-electron chi connectivity index (χ4n) is 5.83. The molecule has 4 aromatic rings. The maximum atomic E-state index is 14.1. The number of ether oxygens (including phenoxy) is 1. The summed E-state index contributed by atoms with van der Waals surface area (Å²) in [6.07, 6.45) is -0.700. The molecule has 0 aromatic carbocycles. The van der Waals surface area contributed by atoms with Crippen molar-refractivity contribution in [1.82, 2.24) is 34.0 Å². The lowest BCUT2D eigenvalue weighted by Gasteiger charge is -2.36. The number of aryl methyl sites for hydroxylation is 1. The summed E-state index contributed by atoms with van der Waals surface area (Å²) >= 11 is 0.781. The SMILES string of the molecule is CCc1c(N2CCN(C(=O)c3ncnc(C)c3O)CC2)c(=O)n2nc(C3=CCOCC3)nc2n1CC(=O)Nc1scc(C(F)(F)F)c1C. The molecule has 2 aliphatic heterocycles. The van der Waals surface area contributed by atoms with Crippen LogP contribution < -0.4 is 15.8 Å². The number of halogens is 3. The van der Waals surface area contributed by atoms with Gasteiger partial charge >= 0.3 is 6.18 Å². The summed E-state index contributed by atoms with van der Waals surface area (Å²) in [5.41, 5.74) is 0.329. The number of aromatic nitrogens is 6. The Hall–Kier alpha value is -4.84. The minimum atomic E-state index is -4.56. The molecule has 14 nitrogen and oxygen atoms in total. The van der Waals surface area contributed by atoms with E-state index < -0.39 is 29.1 Å². The smallest absolute Gasteiger partial charge is 0.417 e. The summed E-state index contributed by atoms with van der Waals surface area (Å²) in [5.74, 6) is -0.950. The zero-order valence-electron chi connectivity index (χ0n) is 26.3. The fraction of sp³-hybridized carbons (Fsp3) is 0.433. The highest BCUT2D eigenvalue weighted by Crippen LogP contribution is 2.39. The number of hydrogen-bond donors (Lipinski definition) is 2. The van der Waals surface area contributed by atoms with Gasteiger partial charge in [0.15, 0.2) is 17.3 Å². The second kappa shape index (κ2) is 13.0. The number of piperazine rings is 1. The molecule has 0 saturated carbocycles. The lowest BCUT2D eigenvalue weighted by molar-refractivity contribution is -0.137. The molecule has 0 bridgehead atoms. The van der Waals surface area contributed by atoms with E-state index in [9.17, 15) is 32.7 Å². The van der Waals surface area contributed by atoms with Crippen LogP contribution in [-0.2, 0) is 28.7 Å². The van der Waals surface area contributed by atoms with Crippen molar-refractivity contribution >= 4 is 45.2 Å². The Kier molecular flexibility index (Phi) is 8.95. The van der Waals surface area contributed by atoms with Gasteiger partial charge in [-0.25, -0.2) is 9.97 Å². The molecule has 48 heavy (non-hydrogen) atoms. The highest BCUT2D eigenvalue weighted by Gasteiger charge is 2.35. The van der Waals surface area contributed by atoms with Gasteiger partial charge in [-0.2, -0.15) is 22.7 Å². The van der Waals surface area contributed by atoms with Crippen LogP contribution in [0.3, 0.4) is 0 Å². The first-order valence-corrected chi connectivity index (χ1v) is 16.1. The van der Waals surface area contributed by atoms with E-state index in [0.717, 1.165) is 26.8 Å². The van der Waals surface area contributed by atoms with Crippen LogP contribution in [0.2, 0.25) is 0 Å². The number of amides is 2. The van der Waals surface area contributed by atoms with Crippen LogP contribution in [0.5, 0.6) is 5.75 Å². The first kappa shape index (κ1) is 33.1. The predicted octanol–water partition coefficient (Wildman–Crippen LogP) is 3.05. The van der Waals surface area contributed by atoms with E-state index in [0.29, 0.717) is 37.6 Å². The normalized spacial score (nSPS) is 15.6. The Morgan fingerprint density at radius 1 is 1.15 bits per heavy atom. The van der Waals surface area contributed by atoms with Crippen molar-refractivity contribution in [2.45, 2.75) is 46.3 Å². The Morgan fingerprint density at radius 3 is 2.54 bits per heavy atom. The van der Waals surface area contributed by atoms with Crippen molar-refractivity contribution in [2.75, 3.05) is 49.6 Å². The Labute approximate surface area is 275 Å². The molecule has 1 fully saturated rings. The van der Waals surface area contributed by atoms with Crippen molar-refractivity contribution in [3.8, 4) is 5.75 Å². The number of fused-ring (bicyclic) bond motifs is 1. The molecule has 2 aliphatic rings. The van der Waals surface area contributed by atoms with Crippen molar-refractivity contribution in [2.24, 2.45) is 0 Å². The number of rotatable bonds is 7. The molecule has 6 rings (SSSR count). The van der Waals surface area contributed by atoms with E-state index in [-0.39, 0.29) is 71.9 Å². The first-order chi connectivity index (χ1) is 22.9. The average Bonchev–Trinajstić information content (AvgIpc) is 3.68. The predicted molar refractivity (Wildman–Crippen MR) is 169 cm³/mol. The largest absolute Gasteiger partial charge is 0.504 e. The number of aromatic hydroxyl groups is 1. The van der Waals surface area contributed by atoms with Gasteiger partial charge < -0.3 is 29.5 Å². The van der Waals surface area contributed by atoms with Crippen LogP contribution >= 0.6 is 11.3 Å². The van der Waals surface area contributed by atoms with Crippen molar-refractivity contribution in [1.29, 1.82) is 0 Å².